The molecule has 0 saturated heterocycles. The van der Waals surface area contributed by atoms with Crippen LogP contribution < -0.4 is 4.72 Å². The van der Waals surface area contributed by atoms with Gasteiger partial charge < -0.3 is 4.57 Å². The molecule has 1 fully saturated rings. The van der Waals surface area contributed by atoms with Gasteiger partial charge in [0.05, 0.1) is 12.4 Å². The van der Waals surface area contributed by atoms with Crippen molar-refractivity contribution in [2.45, 2.75) is 43.2 Å². The molecule has 1 aromatic heterocycles. The Bertz CT molecular complexity index is 567. The molecule has 0 spiro atoms. The van der Waals surface area contributed by atoms with Crippen LogP contribution in [0.3, 0.4) is 0 Å². The molecule has 7 heteroatoms. The lowest BCUT2D eigenvalue weighted by Crippen LogP contribution is -2.40. The quantitative estimate of drug-likeness (QED) is 0.898. The Hall–Kier alpha value is -1.39. The van der Waals surface area contributed by atoms with Gasteiger partial charge in [-0.15, -0.1) is 0 Å². The molecule has 0 amide bonds. The van der Waals surface area contributed by atoms with Crippen LogP contribution in [0, 0.1) is 17.2 Å². The van der Waals surface area contributed by atoms with E-state index in [1.165, 1.54) is 18.9 Å². The molecule has 0 aromatic carbocycles. The Morgan fingerprint density at radius 3 is 2.68 bits per heavy atom. The topological polar surface area (TPSA) is 87.8 Å². The third-order valence-electron chi connectivity index (χ3n) is 3.50. The maximum atomic E-state index is 12.1. The molecule has 0 aliphatic heterocycles. The predicted octanol–water partition coefficient (Wildman–Crippen LogP) is 1.17. The molecule has 0 radical (unpaired) electrons. The van der Waals surface area contributed by atoms with Crippen LogP contribution in [-0.2, 0) is 17.1 Å². The van der Waals surface area contributed by atoms with Crippen molar-refractivity contribution in [2.75, 3.05) is 0 Å². The van der Waals surface area contributed by atoms with Crippen LogP contribution in [0.15, 0.2) is 17.6 Å². The molecule has 0 bridgehead atoms. The minimum atomic E-state index is -3.70. The highest BCUT2D eigenvalue weighted by Crippen LogP contribution is 2.27. The Labute approximate surface area is 113 Å². The molecule has 1 unspecified atom stereocenters. The first kappa shape index (κ1) is 14.0. The van der Waals surface area contributed by atoms with Crippen molar-refractivity contribution in [2.24, 2.45) is 13.0 Å². The molecule has 1 aliphatic rings. The van der Waals surface area contributed by atoms with Crippen LogP contribution in [0.5, 0.6) is 0 Å². The standard InChI is InChI=1S/C12H18N4O2S/c1-16-8-12(14-9-16)19(17,18)15-11(7-13)10-5-3-2-4-6-10/h8-11,15H,2-6H2,1H3. The van der Waals surface area contributed by atoms with Crippen molar-refractivity contribution in [3.63, 3.8) is 0 Å². The predicted molar refractivity (Wildman–Crippen MR) is 69.5 cm³/mol. The van der Waals surface area contributed by atoms with Gasteiger partial charge in [0, 0.05) is 13.2 Å². The minimum absolute atomic E-state index is 0.0361. The average molecular weight is 282 g/mol. The summed E-state index contributed by atoms with van der Waals surface area (Å²) in [5.74, 6) is 0.109. The Kier molecular flexibility index (Phi) is 4.22. The third kappa shape index (κ3) is 3.33. The number of rotatable bonds is 4. The van der Waals surface area contributed by atoms with E-state index in [1.807, 2.05) is 0 Å². The molecule has 1 aliphatic carbocycles. The fourth-order valence-electron chi connectivity index (χ4n) is 2.45. The highest BCUT2D eigenvalue weighted by atomic mass is 32.2. The van der Waals surface area contributed by atoms with E-state index in [0.29, 0.717) is 0 Å². The number of nitriles is 1. The van der Waals surface area contributed by atoms with Crippen molar-refractivity contribution in [1.29, 1.82) is 5.26 Å². The molecule has 1 atom stereocenters. The van der Waals surface area contributed by atoms with E-state index < -0.39 is 16.1 Å². The summed E-state index contributed by atoms with van der Waals surface area (Å²) in [4.78, 5) is 3.82. The second kappa shape index (κ2) is 5.72. The van der Waals surface area contributed by atoms with E-state index >= 15 is 0 Å². The number of aromatic nitrogens is 2. The van der Waals surface area contributed by atoms with Gasteiger partial charge in [0.15, 0.2) is 5.03 Å². The van der Waals surface area contributed by atoms with E-state index in [-0.39, 0.29) is 10.9 Å². The summed E-state index contributed by atoms with van der Waals surface area (Å²) in [5, 5.41) is 9.16. The summed E-state index contributed by atoms with van der Waals surface area (Å²) in [6.45, 7) is 0. The summed E-state index contributed by atoms with van der Waals surface area (Å²) < 4.78 is 28.3. The van der Waals surface area contributed by atoms with Crippen LogP contribution in [-0.4, -0.2) is 24.0 Å². The number of nitrogens with zero attached hydrogens (tertiary/aromatic N) is 3. The van der Waals surface area contributed by atoms with Gasteiger partial charge in [0.2, 0.25) is 0 Å². The molecular formula is C12H18N4O2S. The molecule has 1 aromatic rings. The monoisotopic (exact) mass is 282 g/mol. The molecule has 2 rings (SSSR count). The van der Waals surface area contributed by atoms with Crippen molar-refractivity contribution in [3.05, 3.63) is 12.5 Å². The third-order valence-corrected chi connectivity index (χ3v) is 4.82. The molecule has 6 nitrogen and oxygen atoms in total. The minimum Gasteiger partial charge on any atom is -0.339 e. The van der Waals surface area contributed by atoms with Crippen molar-refractivity contribution in [3.8, 4) is 6.07 Å². The van der Waals surface area contributed by atoms with E-state index in [9.17, 15) is 13.7 Å². The largest absolute Gasteiger partial charge is 0.339 e. The second-order valence-electron chi connectivity index (χ2n) is 5.00. The summed E-state index contributed by atoms with van der Waals surface area (Å²) in [6, 6.07) is 1.42. The number of hydrogen-bond donors (Lipinski definition) is 1. The molecule has 104 valence electrons. The molecule has 19 heavy (non-hydrogen) atoms. The number of imidazole rings is 1. The number of nitrogens with one attached hydrogen (secondary N) is 1. The number of aryl methyl sites for hydroxylation is 1. The van der Waals surface area contributed by atoms with Gasteiger partial charge in [-0.2, -0.15) is 9.98 Å². The van der Waals surface area contributed by atoms with Crippen molar-refractivity contribution < 1.29 is 8.42 Å². The highest BCUT2D eigenvalue weighted by Gasteiger charge is 2.29. The normalized spacial score (nSPS) is 18.9. The fourth-order valence-corrected chi connectivity index (χ4v) is 3.64. The van der Waals surface area contributed by atoms with E-state index in [4.69, 9.17) is 0 Å². The van der Waals surface area contributed by atoms with Gasteiger partial charge in [0.25, 0.3) is 10.0 Å². The maximum Gasteiger partial charge on any atom is 0.260 e. The zero-order chi connectivity index (χ0) is 13.9. The molecule has 1 N–H and O–H groups in total. The summed E-state index contributed by atoms with van der Waals surface area (Å²) in [5.41, 5.74) is 0. The second-order valence-corrected chi connectivity index (χ2v) is 6.66. The van der Waals surface area contributed by atoms with E-state index in [2.05, 4.69) is 15.8 Å². The number of hydrogen-bond acceptors (Lipinski definition) is 4. The van der Waals surface area contributed by atoms with Crippen molar-refractivity contribution in [1.82, 2.24) is 14.3 Å². The smallest absolute Gasteiger partial charge is 0.260 e. The van der Waals surface area contributed by atoms with Gasteiger partial charge in [0.1, 0.15) is 6.04 Å². The first-order chi connectivity index (χ1) is 9.03. The zero-order valence-electron chi connectivity index (χ0n) is 10.9. The Morgan fingerprint density at radius 2 is 2.16 bits per heavy atom. The Balaban J connectivity index is 2.11. The van der Waals surface area contributed by atoms with Gasteiger partial charge in [-0.3, -0.25) is 0 Å². The van der Waals surface area contributed by atoms with Crippen LogP contribution in [0.2, 0.25) is 0 Å². The molecule has 1 saturated carbocycles. The fraction of sp³-hybridized carbons (Fsp3) is 0.667. The lowest BCUT2D eigenvalue weighted by Gasteiger charge is -2.25. The number of sulfonamides is 1. The lowest BCUT2D eigenvalue weighted by atomic mass is 9.85. The van der Waals surface area contributed by atoms with E-state index in [1.54, 1.807) is 11.6 Å². The SMILES string of the molecule is Cn1cnc(S(=O)(=O)NC(C#N)C2CCCCC2)c1. The van der Waals surface area contributed by atoms with Crippen LogP contribution in [0.4, 0.5) is 0 Å². The van der Waals surface area contributed by atoms with Crippen molar-refractivity contribution >= 4 is 10.0 Å². The average Bonchev–Trinajstić information content (AvgIpc) is 2.85. The summed E-state index contributed by atoms with van der Waals surface area (Å²) in [7, 11) is -2.00. The Morgan fingerprint density at radius 1 is 1.47 bits per heavy atom. The molecular weight excluding hydrogens is 264 g/mol. The van der Waals surface area contributed by atoms with Crippen LogP contribution in [0.1, 0.15) is 32.1 Å². The van der Waals surface area contributed by atoms with Gasteiger partial charge in [-0.25, -0.2) is 13.4 Å². The molecule has 1 heterocycles. The zero-order valence-corrected chi connectivity index (χ0v) is 11.7. The van der Waals surface area contributed by atoms with Gasteiger partial charge in [-0.05, 0) is 18.8 Å². The summed E-state index contributed by atoms with van der Waals surface area (Å²) in [6.07, 6.45) is 7.96. The van der Waals surface area contributed by atoms with E-state index in [0.717, 1.165) is 25.7 Å². The van der Waals surface area contributed by atoms with Gasteiger partial charge >= 0.3 is 0 Å². The van der Waals surface area contributed by atoms with Gasteiger partial charge in [-0.1, -0.05) is 19.3 Å². The van der Waals surface area contributed by atoms with Crippen LogP contribution in [0.25, 0.3) is 0 Å². The first-order valence-corrected chi connectivity index (χ1v) is 7.91. The highest BCUT2D eigenvalue weighted by molar-refractivity contribution is 7.89. The summed E-state index contributed by atoms with van der Waals surface area (Å²) >= 11 is 0. The first-order valence-electron chi connectivity index (χ1n) is 6.43. The maximum absolute atomic E-state index is 12.1. The van der Waals surface area contributed by atoms with Crippen LogP contribution >= 0.6 is 0 Å². The lowest BCUT2D eigenvalue weighted by molar-refractivity contribution is 0.323.